The van der Waals surface area contributed by atoms with Crippen LogP contribution < -0.4 is 0 Å². The third-order valence-corrected chi connectivity index (χ3v) is 4.62. The Labute approximate surface area is 170 Å². The maximum Gasteiger partial charge on any atom is 0.355 e. The molecule has 1 aromatic carbocycles. The lowest BCUT2D eigenvalue weighted by Crippen LogP contribution is -2.15. The number of carbonyl (C=O) groups is 2. The summed E-state index contributed by atoms with van der Waals surface area (Å²) in [5.74, 6) is -0.929. The molecule has 0 radical (unpaired) electrons. The van der Waals surface area contributed by atoms with E-state index in [4.69, 9.17) is 9.47 Å². The van der Waals surface area contributed by atoms with Gasteiger partial charge in [0.1, 0.15) is 5.69 Å². The second-order valence-corrected chi connectivity index (χ2v) is 6.43. The summed E-state index contributed by atoms with van der Waals surface area (Å²) in [7, 11) is 0. The largest absolute Gasteiger partial charge is 0.462 e. The van der Waals surface area contributed by atoms with Gasteiger partial charge in [-0.1, -0.05) is 30.3 Å². The molecule has 0 aliphatic heterocycles. The van der Waals surface area contributed by atoms with Crippen LogP contribution in [-0.2, 0) is 16.0 Å². The predicted molar refractivity (Wildman–Crippen MR) is 110 cm³/mol. The zero-order valence-electron chi connectivity index (χ0n) is 16.8. The highest BCUT2D eigenvalue weighted by Crippen LogP contribution is 2.34. The number of esters is 2. The van der Waals surface area contributed by atoms with Crippen molar-refractivity contribution in [1.82, 2.24) is 9.55 Å². The lowest BCUT2D eigenvalue weighted by molar-refractivity contribution is 0.0512. The molecule has 2 aromatic heterocycles. The molecule has 6 heteroatoms. The third kappa shape index (κ3) is 4.21. The summed E-state index contributed by atoms with van der Waals surface area (Å²) in [6, 6.07) is 13.1. The van der Waals surface area contributed by atoms with Crippen LogP contribution in [0.3, 0.4) is 0 Å². The molecular formula is C23H24N2O4. The first kappa shape index (κ1) is 20.3. The van der Waals surface area contributed by atoms with Crippen LogP contribution in [0, 0.1) is 6.92 Å². The molecule has 0 fully saturated rings. The van der Waals surface area contributed by atoms with Crippen molar-refractivity contribution in [3.05, 3.63) is 77.4 Å². The molecule has 29 heavy (non-hydrogen) atoms. The molecule has 0 aliphatic carbocycles. The highest BCUT2D eigenvalue weighted by Gasteiger charge is 2.31. The first-order valence-electron chi connectivity index (χ1n) is 9.60. The topological polar surface area (TPSA) is 70.4 Å². The van der Waals surface area contributed by atoms with Crippen molar-refractivity contribution >= 4 is 11.9 Å². The quantitative estimate of drug-likeness (QED) is 0.562. The molecule has 0 spiro atoms. The SMILES string of the molecule is CCOC(=O)c1c(-c2ccccc2)c(C(=O)OCC)n(Cc2ccncc2)c1C. The van der Waals surface area contributed by atoms with Crippen molar-refractivity contribution in [2.45, 2.75) is 27.3 Å². The fraction of sp³-hybridized carbons (Fsp3) is 0.261. The minimum absolute atomic E-state index is 0.237. The molecule has 3 rings (SSSR count). The number of nitrogens with zero attached hydrogens (tertiary/aromatic N) is 2. The van der Waals surface area contributed by atoms with Gasteiger partial charge in [0.2, 0.25) is 0 Å². The number of hydrogen-bond acceptors (Lipinski definition) is 5. The van der Waals surface area contributed by atoms with Gasteiger partial charge in [-0.05, 0) is 44.0 Å². The zero-order chi connectivity index (χ0) is 20.8. The van der Waals surface area contributed by atoms with E-state index in [-0.39, 0.29) is 13.2 Å². The van der Waals surface area contributed by atoms with E-state index in [2.05, 4.69) is 4.98 Å². The summed E-state index contributed by atoms with van der Waals surface area (Å²) < 4.78 is 12.5. The van der Waals surface area contributed by atoms with E-state index < -0.39 is 11.9 Å². The summed E-state index contributed by atoms with van der Waals surface area (Å²) in [5.41, 5.74) is 3.63. The average Bonchev–Trinajstić information content (AvgIpc) is 3.02. The summed E-state index contributed by atoms with van der Waals surface area (Å²) in [5, 5.41) is 0. The number of aromatic nitrogens is 2. The van der Waals surface area contributed by atoms with E-state index in [0.29, 0.717) is 29.1 Å². The predicted octanol–water partition coefficient (Wildman–Crippen LogP) is 4.26. The van der Waals surface area contributed by atoms with Gasteiger partial charge in [-0.2, -0.15) is 0 Å². The van der Waals surface area contributed by atoms with E-state index >= 15 is 0 Å². The second kappa shape index (κ2) is 9.19. The van der Waals surface area contributed by atoms with Crippen LogP contribution >= 0.6 is 0 Å². The molecule has 0 N–H and O–H groups in total. The summed E-state index contributed by atoms with van der Waals surface area (Å²) in [4.78, 5) is 29.9. The minimum atomic E-state index is -0.473. The Bertz CT molecular complexity index is 995. The first-order valence-corrected chi connectivity index (χ1v) is 9.60. The summed E-state index contributed by atoms with van der Waals surface area (Å²) in [6.45, 7) is 6.23. The Hall–Kier alpha value is -3.41. The Balaban J connectivity index is 2.29. The molecular weight excluding hydrogens is 368 g/mol. The summed E-state index contributed by atoms with van der Waals surface area (Å²) >= 11 is 0. The first-order chi connectivity index (χ1) is 14.1. The minimum Gasteiger partial charge on any atom is -0.462 e. The molecule has 0 unspecified atom stereocenters. The van der Waals surface area contributed by atoms with Gasteiger partial charge in [0.05, 0.1) is 18.8 Å². The molecule has 0 bridgehead atoms. The van der Waals surface area contributed by atoms with Gasteiger partial charge in [-0.15, -0.1) is 0 Å². The third-order valence-electron chi connectivity index (χ3n) is 4.62. The summed E-state index contributed by atoms with van der Waals surface area (Å²) in [6.07, 6.45) is 3.39. The lowest BCUT2D eigenvalue weighted by Gasteiger charge is -2.12. The van der Waals surface area contributed by atoms with Crippen molar-refractivity contribution in [3.63, 3.8) is 0 Å². The molecule has 2 heterocycles. The van der Waals surface area contributed by atoms with Crippen molar-refractivity contribution in [1.29, 1.82) is 0 Å². The van der Waals surface area contributed by atoms with E-state index in [0.717, 1.165) is 11.1 Å². The molecule has 6 nitrogen and oxygen atoms in total. The number of pyridine rings is 1. The van der Waals surface area contributed by atoms with E-state index in [9.17, 15) is 9.59 Å². The van der Waals surface area contributed by atoms with Gasteiger partial charge in [0.25, 0.3) is 0 Å². The Kier molecular flexibility index (Phi) is 6.44. The van der Waals surface area contributed by atoms with Crippen LogP contribution in [0.1, 0.15) is 46.0 Å². The highest BCUT2D eigenvalue weighted by atomic mass is 16.5. The van der Waals surface area contributed by atoms with Crippen LogP contribution in [0.4, 0.5) is 0 Å². The van der Waals surface area contributed by atoms with Crippen molar-refractivity contribution in [2.75, 3.05) is 13.2 Å². The molecule has 0 atom stereocenters. The van der Waals surface area contributed by atoms with Gasteiger partial charge in [0, 0.05) is 30.2 Å². The standard InChI is InChI=1S/C23H24N2O4/c1-4-28-22(26)19-16(3)25(15-17-11-13-24-14-12-17)21(23(27)29-5-2)20(19)18-9-7-6-8-10-18/h6-14H,4-5,15H2,1-3H3. The maximum absolute atomic E-state index is 13.0. The van der Waals surface area contributed by atoms with Gasteiger partial charge in [-0.3, -0.25) is 4.98 Å². The molecule has 0 amide bonds. The Morgan fingerprint density at radius 3 is 2.17 bits per heavy atom. The van der Waals surface area contributed by atoms with E-state index in [1.165, 1.54) is 0 Å². The van der Waals surface area contributed by atoms with Gasteiger partial charge < -0.3 is 14.0 Å². The van der Waals surface area contributed by atoms with Gasteiger partial charge >= 0.3 is 11.9 Å². The number of benzene rings is 1. The lowest BCUT2D eigenvalue weighted by atomic mass is 10.00. The van der Waals surface area contributed by atoms with E-state index in [1.54, 1.807) is 26.2 Å². The normalized spacial score (nSPS) is 10.6. The average molecular weight is 392 g/mol. The van der Waals surface area contributed by atoms with Crippen LogP contribution in [0.5, 0.6) is 0 Å². The Morgan fingerprint density at radius 1 is 0.931 bits per heavy atom. The van der Waals surface area contributed by atoms with Crippen molar-refractivity contribution < 1.29 is 19.1 Å². The smallest absolute Gasteiger partial charge is 0.355 e. The van der Waals surface area contributed by atoms with Crippen LogP contribution in [0.15, 0.2) is 54.9 Å². The number of carbonyl (C=O) groups excluding carboxylic acids is 2. The van der Waals surface area contributed by atoms with Crippen molar-refractivity contribution in [2.24, 2.45) is 0 Å². The Morgan fingerprint density at radius 2 is 1.55 bits per heavy atom. The van der Waals surface area contributed by atoms with Crippen LogP contribution in [-0.4, -0.2) is 34.7 Å². The van der Waals surface area contributed by atoms with E-state index in [1.807, 2.05) is 54.0 Å². The van der Waals surface area contributed by atoms with Gasteiger partial charge in [0.15, 0.2) is 0 Å². The van der Waals surface area contributed by atoms with Crippen molar-refractivity contribution in [3.8, 4) is 11.1 Å². The molecule has 3 aromatic rings. The number of rotatable bonds is 7. The second-order valence-electron chi connectivity index (χ2n) is 6.43. The highest BCUT2D eigenvalue weighted by molar-refractivity contribution is 6.07. The van der Waals surface area contributed by atoms with Gasteiger partial charge in [-0.25, -0.2) is 9.59 Å². The monoisotopic (exact) mass is 392 g/mol. The van der Waals surface area contributed by atoms with Crippen LogP contribution in [0.25, 0.3) is 11.1 Å². The zero-order valence-corrected chi connectivity index (χ0v) is 16.8. The number of hydrogen-bond donors (Lipinski definition) is 0. The molecule has 150 valence electrons. The fourth-order valence-corrected chi connectivity index (χ4v) is 3.36. The molecule has 0 aliphatic rings. The molecule has 0 saturated carbocycles. The number of ether oxygens (including phenoxy) is 2. The maximum atomic E-state index is 13.0. The van der Waals surface area contributed by atoms with Crippen LogP contribution in [0.2, 0.25) is 0 Å². The molecule has 0 saturated heterocycles. The fourth-order valence-electron chi connectivity index (χ4n) is 3.36.